The minimum absolute atomic E-state index is 0.607. The molecule has 2 aliphatic carbocycles. The lowest BCUT2D eigenvalue weighted by molar-refractivity contribution is 0.556. The van der Waals surface area contributed by atoms with Crippen LogP contribution in [0.1, 0.15) is 130 Å². The monoisotopic (exact) mass is 460 g/mol. The standard InChI is InChI=1S/2C13H27OP/c2*1-3-5-11-15(14,12-6-4-2)13-9-7-8-10-13/h2*13H,3-12H2,1-2H3. The number of unbranched alkanes of at least 4 members (excludes halogenated alkanes) is 4. The fourth-order valence-electron chi connectivity index (χ4n) is 5.41. The Bertz CT molecular complexity index is 435. The minimum Gasteiger partial charge on any atom is -0.323 e. The highest BCUT2D eigenvalue weighted by Crippen LogP contribution is 2.58. The maximum Gasteiger partial charge on any atom is 0.0906 e. The number of hydrogen-bond donors (Lipinski definition) is 0. The van der Waals surface area contributed by atoms with Crippen LogP contribution in [0.3, 0.4) is 0 Å². The number of rotatable bonds is 14. The predicted octanol–water partition coefficient (Wildman–Crippen LogP) is 9.78. The summed E-state index contributed by atoms with van der Waals surface area (Å²) in [5.41, 5.74) is 1.21. The van der Waals surface area contributed by atoms with Crippen molar-refractivity contribution in [2.75, 3.05) is 24.6 Å². The molecule has 2 fully saturated rings. The maximum absolute atomic E-state index is 12.9. The minimum atomic E-state index is -1.80. The van der Waals surface area contributed by atoms with Gasteiger partial charge in [0.05, 0.1) is 14.3 Å². The highest BCUT2D eigenvalue weighted by molar-refractivity contribution is 7.65. The molecular weight excluding hydrogens is 406 g/mol. The van der Waals surface area contributed by atoms with Crippen LogP contribution in [0, 0.1) is 0 Å². The Morgan fingerprint density at radius 3 is 0.933 bits per heavy atom. The predicted molar refractivity (Wildman–Crippen MR) is 139 cm³/mol. The summed E-state index contributed by atoms with van der Waals surface area (Å²) in [6.45, 7) is 8.83. The molecule has 0 aromatic heterocycles. The van der Waals surface area contributed by atoms with Gasteiger partial charge in [-0.3, -0.25) is 0 Å². The molecule has 2 saturated carbocycles. The molecular formula is C26H54O2P2. The van der Waals surface area contributed by atoms with E-state index in [0.29, 0.717) is 11.3 Å². The first-order valence-corrected chi connectivity index (χ1v) is 17.9. The van der Waals surface area contributed by atoms with Crippen molar-refractivity contribution in [2.45, 2.75) is 142 Å². The van der Waals surface area contributed by atoms with Crippen molar-refractivity contribution in [3.05, 3.63) is 0 Å². The fourth-order valence-corrected chi connectivity index (χ4v) is 13.3. The van der Waals surface area contributed by atoms with Gasteiger partial charge in [0.2, 0.25) is 0 Å². The molecule has 180 valence electrons. The molecule has 0 aromatic rings. The van der Waals surface area contributed by atoms with Gasteiger partial charge in [-0.05, 0) is 51.4 Å². The molecule has 0 spiro atoms. The Morgan fingerprint density at radius 2 is 0.733 bits per heavy atom. The van der Waals surface area contributed by atoms with Crippen molar-refractivity contribution in [2.24, 2.45) is 0 Å². The first kappa shape index (κ1) is 28.5. The normalized spacial score (nSPS) is 18.5. The Labute approximate surface area is 189 Å². The lowest BCUT2D eigenvalue weighted by atomic mass is 10.4. The largest absolute Gasteiger partial charge is 0.323 e. The molecule has 0 radical (unpaired) electrons. The molecule has 2 rings (SSSR count). The summed E-state index contributed by atoms with van der Waals surface area (Å²) < 4.78 is 25.9. The van der Waals surface area contributed by atoms with Gasteiger partial charge < -0.3 is 9.13 Å². The van der Waals surface area contributed by atoms with Crippen LogP contribution in [0.5, 0.6) is 0 Å². The molecule has 0 heterocycles. The quantitative estimate of drug-likeness (QED) is 0.242. The van der Waals surface area contributed by atoms with Crippen molar-refractivity contribution in [1.82, 2.24) is 0 Å². The van der Waals surface area contributed by atoms with Crippen LogP contribution >= 0.6 is 14.3 Å². The van der Waals surface area contributed by atoms with Crippen LogP contribution in [-0.2, 0) is 9.13 Å². The van der Waals surface area contributed by atoms with Gasteiger partial charge in [0.1, 0.15) is 0 Å². The maximum atomic E-state index is 12.9. The Balaban J connectivity index is 0.000000300. The highest BCUT2D eigenvalue weighted by atomic mass is 31.2. The highest BCUT2D eigenvalue weighted by Gasteiger charge is 2.34. The summed E-state index contributed by atoms with van der Waals surface area (Å²) in [6.07, 6.45) is 24.0. The second-order valence-electron chi connectivity index (χ2n) is 10.1. The van der Waals surface area contributed by atoms with Crippen molar-refractivity contribution < 1.29 is 9.13 Å². The summed E-state index contributed by atoms with van der Waals surface area (Å²) in [7, 11) is -3.60. The fraction of sp³-hybridized carbons (Fsp3) is 1.00. The molecule has 4 heteroatoms. The Kier molecular flexibility index (Phi) is 15.3. The molecule has 0 atom stereocenters. The van der Waals surface area contributed by atoms with Gasteiger partial charge in [-0.1, -0.05) is 79.1 Å². The molecule has 0 unspecified atom stereocenters. The van der Waals surface area contributed by atoms with Crippen LogP contribution in [0.2, 0.25) is 0 Å². The molecule has 30 heavy (non-hydrogen) atoms. The molecule has 0 bridgehead atoms. The van der Waals surface area contributed by atoms with Gasteiger partial charge in [-0.25, -0.2) is 0 Å². The topological polar surface area (TPSA) is 34.1 Å². The van der Waals surface area contributed by atoms with E-state index in [2.05, 4.69) is 27.7 Å². The smallest absolute Gasteiger partial charge is 0.0906 e. The van der Waals surface area contributed by atoms with Gasteiger partial charge in [0.25, 0.3) is 0 Å². The van der Waals surface area contributed by atoms with E-state index in [-0.39, 0.29) is 0 Å². The lowest BCUT2D eigenvalue weighted by Gasteiger charge is -2.24. The Hall–Kier alpha value is 0.460. The second kappa shape index (κ2) is 16.1. The van der Waals surface area contributed by atoms with Gasteiger partial charge in [0, 0.05) is 36.0 Å². The van der Waals surface area contributed by atoms with Gasteiger partial charge in [0.15, 0.2) is 0 Å². The van der Waals surface area contributed by atoms with Crippen LogP contribution in [0.4, 0.5) is 0 Å². The average Bonchev–Trinajstić information content (AvgIpc) is 3.48. The molecule has 0 amide bonds. The molecule has 2 aliphatic rings. The molecule has 0 saturated heterocycles. The SMILES string of the molecule is CCCCP(=O)(CCCC)C1CCCC1.CCCCP(=O)(CCCC)C1CCCC1. The van der Waals surface area contributed by atoms with E-state index in [1.807, 2.05) is 0 Å². The molecule has 0 N–H and O–H groups in total. The summed E-state index contributed by atoms with van der Waals surface area (Å²) >= 11 is 0. The van der Waals surface area contributed by atoms with E-state index in [1.165, 1.54) is 103 Å². The van der Waals surface area contributed by atoms with Gasteiger partial charge >= 0.3 is 0 Å². The van der Waals surface area contributed by atoms with Crippen LogP contribution in [-0.4, -0.2) is 36.0 Å². The van der Waals surface area contributed by atoms with Crippen LogP contribution in [0.15, 0.2) is 0 Å². The lowest BCUT2D eigenvalue weighted by Crippen LogP contribution is -2.10. The van der Waals surface area contributed by atoms with Crippen molar-refractivity contribution >= 4 is 14.3 Å². The molecule has 0 aliphatic heterocycles. The third-order valence-electron chi connectivity index (χ3n) is 7.54. The number of hydrogen-bond acceptors (Lipinski definition) is 2. The third-order valence-corrected chi connectivity index (χ3v) is 15.5. The van der Waals surface area contributed by atoms with Gasteiger partial charge in [-0.15, -0.1) is 0 Å². The average molecular weight is 461 g/mol. The summed E-state index contributed by atoms with van der Waals surface area (Å²) in [4.78, 5) is 0. The first-order chi connectivity index (χ1) is 14.5. The van der Waals surface area contributed by atoms with E-state index in [9.17, 15) is 9.13 Å². The summed E-state index contributed by atoms with van der Waals surface area (Å²) in [6, 6.07) is 0. The zero-order chi connectivity index (χ0) is 22.3. The van der Waals surface area contributed by atoms with Crippen molar-refractivity contribution in [3.63, 3.8) is 0 Å². The first-order valence-electron chi connectivity index (χ1n) is 13.6. The van der Waals surface area contributed by atoms with Crippen molar-refractivity contribution in [1.29, 1.82) is 0 Å². The van der Waals surface area contributed by atoms with Crippen LogP contribution in [0.25, 0.3) is 0 Å². The molecule has 2 nitrogen and oxygen atoms in total. The van der Waals surface area contributed by atoms with Gasteiger partial charge in [-0.2, -0.15) is 0 Å². The summed E-state index contributed by atoms with van der Waals surface area (Å²) in [5.74, 6) is 0. The van der Waals surface area contributed by atoms with E-state index >= 15 is 0 Å². The third kappa shape index (κ3) is 9.94. The zero-order valence-corrected chi connectivity index (χ0v) is 22.8. The van der Waals surface area contributed by atoms with E-state index in [1.54, 1.807) is 0 Å². The van der Waals surface area contributed by atoms with Crippen LogP contribution < -0.4 is 0 Å². The van der Waals surface area contributed by atoms with E-state index in [4.69, 9.17) is 0 Å². The second-order valence-corrected chi connectivity index (χ2v) is 17.1. The van der Waals surface area contributed by atoms with Crippen molar-refractivity contribution in [3.8, 4) is 0 Å². The zero-order valence-electron chi connectivity index (χ0n) is 21.0. The molecule has 0 aromatic carbocycles. The Morgan fingerprint density at radius 1 is 0.500 bits per heavy atom. The van der Waals surface area contributed by atoms with E-state index < -0.39 is 14.3 Å². The van der Waals surface area contributed by atoms with E-state index in [0.717, 1.165) is 24.6 Å². The summed E-state index contributed by atoms with van der Waals surface area (Å²) in [5, 5.41) is 0.